The van der Waals surface area contributed by atoms with Gasteiger partial charge in [-0.2, -0.15) is 26.3 Å². The number of benzene rings is 4. The van der Waals surface area contributed by atoms with Gasteiger partial charge in [0.05, 0.1) is 22.3 Å². The van der Waals surface area contributed by atoms with Crippen LogP contribution in [0.1, 0.15) is 43.0 Å². The number of carbonyl (C=O) groups is 2. The first-order valence-electron chi connectivity index (χ1n) is 11.6. The molecule has 0 aliphatic carbocycles. The number of hydrogen-bond acceptors (Lipinski definition) is 4. The Kier molecular flexibility index (Phi) is 8.65. The monoisotopic (exact) mass is 612 g/mol. The fraction of sp³-hybridized carbons (Fsp3) is 0.103. The van der Waals surface area contributed by atoms with Gasteiger partial charge in [0.2, 0.25) is 0 Å². The van der Waals surface area contributed by atoms with Gasteiger partial charge < -0.3 is 9.47 Å². The first-order valence-corrected chi connectivity index (χ1v) is 12.3. The lowest BCUT2D eigenvalue weighted by molar-refractivity contribution is -0.138. The molecule has 0 atom stereocenters. The van der Waals surface area contributed by atoms with Gasteiger partial charge in [-0.15, -0.1) is 0 Å². The summed E-state index contributed by atoms with van der Waals surface area (Å²) in [5.74, 6) is -2.89. The third-order valence-electron chi connectivity index (χ3n) is 5.74. The van der Waals surface area contributed by atoms with E-state index < -0.39 is 46.5 Å². The van der Waals surface area contributed by atoms with E-state index >= 15 is 0 Å². The molecule has 0 heterocycles. The average molecular weight is 613 g/mol. The molecule has 0 aliphatic rings. The summed E-state index contributed by atoms with van der Waals surface area (Å²) in [6.07, 6.45) is -9.82. The third kappa shape index (κ3) is 7.20. The lowest BCUT2D eigenvalue weighted by Gasteiger charge is -2.16. The maximum atomic E-state index is 13.4. The topological polar surface area (TPSA) is 52.6 Å². The molecule has 0 unspecified atom stereocenters. The minimum absolute atomic E-state index is 0.156. The highest BCUT2D eigenvalue weighted by Crippen LogP contribution is 2.36. The Balaban J connectivity index is 1.66. The minimum atomic E-state index is -4.82. The van der Waals surface area contributed by atoms with Gasteiger partial charge in [-0.1, -0.05) is 47.5 Å². The van der Waals surface area contributed by atoms with Crippen molar-refractivity contribution < 1.29 is 45.4 Å². The average Bonchev–Trinajstić information content (AvgIpc) is 2.90. The van der Waals surface area contributed by atoms with E-state index in [1.807, 2.05) is 0 Å². The summed E-state index contributed by atoms with van der Waals surface area (Å²) in [5, 5.41) is 0.352. The van der Waals surface area contributed by atoms with Crippen molar-refractivity contribution in [1.29, 1.82) is 0 Å². The molecule has 4 aromatic carbocycles. The number of carbonyl (C=O) groups excluding carboxylic acids is 2. The molecule has 4 rings (SSSR count). The van der Waals surface area contributed by atoms with Crippen LogP contribution < -0.4 is 9.47 Å². The lowest BCUT2D eigenvalue weighted by Crippen LogP contribution is -2.18. The van der Waals surface area contributed by atoms with Crippen LogP contribution in [0.2, 0.25) is 10.0 Å². The third-order valence-corrected chi connectivity index (χ3v) is 6.21. The van der Waals surface area contributed by atoms with E-state index in [0.29, 0.717) is 0 Å². The zero-order valence-electron chi connectivity index (χ0n) is 20.4. The number of ether oxygens (including phenoxy) is 2. The van der Waals surface area contributed by atoms with Crippen LogP contribution >= 0.6 is 23.2 Å². The van der Waals surface area contributed by atoms with E-state index in [9.17, 15) is 35.9 Å². The molecule has 0 spiro atoms. The van der Waals surface area contributed by atoms with E-state index in [1.165, 1.54) is 48.5 Å². The van der Waals surface area contributed by atoms with Crippen LogP contribution in [0.5, 0.6) is 11.5 Å². The van der Waals surface area contributed by atoms with Crippen LogP contribution in [-0.2, 0) is 18.8 Å². The summed E-state index contributed by atoms with van der Waals surface area (Å²) in [5.41, 5.74) is -3.45. The highest BCUT2D eigenvalue weighted by molar-refractivity contribution is 6.31. The minimum Gasteiger partial charge on any atom is -0.423 e. The summed E-state index contributed by atoms with van der Waals surface area (Å²) in [4.78, 5) is 25.5. The van der Waals surface area contributed by atoms with Gasteiger partial charge in [0.1, 0.15) is 11.5 Å². The van der Waals surface area contributed by atoms with Crippen LogP contribution in [0, 0.1) is 0 Å². The smallest absolute Gasteiger partial charge is 0.417 e. The predicted octanol–water partition coefficient (Wildman–Crippen LogP) is 9.06. The van der Waals surface area contributed by atoms with Crippen molar-refractivity contribution in [3.8, 4) is 11.5 Å². The number of rotatable bonds is 6. The highest BCUT2D eigenvalue weighted by atomic mass is 35.5. The molecule has 0 saturated carbocycles. The van der Waals surface area contributed by atoms with Gasteiger partial charge in [0.25, 0.3) is 0 Å². The molecule has 41 heavy (non-hydrogen) atoms. The molecule has 4 nitrogen and oxygen atoms in total. The van der Waals surface area contributed by atoms with E-state index in [-0.39, 0.29) is 39.1 Å². The molecule has 4 aromatic rings. The standard InChI is InChI=1S/C29H16Cl2F6O4/c30-18-9-11-24(40-26(38)20-5-1-3-7-22(20)28(32,33)34)16(14-18)13-17-15-19(31)10-12-25(17)41-27(39)21-6-2-4-8-23(21)29(35,36)37/h1-12,14-15H,13H2. The van der Waals surface area contributed by atoms with E-state index in [0.717, 1.165) is 36.4 Å². The highest BCUT2D eigenvalue weighted by Gasteiger charge is 2.36. The van der Waals surface area contributed by atoms with Crippen LogP contribution in [0.15, 0.2) is 84.9 Å². The van der Waals surface area contributed by atoms with E-state index in [1.54, 1.807) is 0 Å². The van der Waals surface area contributed by atoms with Gasteiger partial charge >= 0.3 is 24.3 Å². The molecule has 12 heteroatoms. The van der Waals surface area contributed by atoms with Crippen LogP contribution in [0.3, 0.4) is 0 Å². The number of hydrogen-bond donors (Lipinski definition) is 0. The Morgan fingerprint density at radius 2 is 0.951 bits per heavy atom. The molecule has 0 fully saturated rings. The zero-order chi connectivity index (χ0) is 29.9. The van der Waals surface area contributed by atoms with Gasteiger partial charge in [-0.3, -0.25) is 0 Å². The first-order chi connectivity index (χ1) is 19.2. The normalized spacial score (nSPS) is 11.7. The summed E-state index contributed by atoms with van der Waals surface area (Å²) in [7, 11) is 0. The fourth-order valence-corrected chi connectivity index (χ4v) is 4.29. The molecule has 0 saturated heterocycles. The van der Waals surface area contributed by atoms with Crippen molar-refractivity contribution in [2.75, 3.05) is 0 Å². The molecule has 0 bridgehead atoms. The summed E-state index contributed by atoms with van der Waals surface area (Å²) in [6.45, 7) is 0. The second-order valence-corrected chi connectivity index (χ2v) is 9.42. The number of halogens is 8. The Morgan fingerprint density at radius 1 is 0.585 bits per heavy atom. The zero-order valence-corrected chi connectivity index (χ0v) is 22.0. The van der Waals surface area contributed by atoms with E-state index in [2.05, 4.69) is 0 Å². The van der Waals surface area contributed by atoms with Gasteiger partial charge in [-0.25, -0.2) is 9.59 Å². The van der Waals surface area contributed by atoms with Crippen molar-refractivity contribution in [2.24, 2.45) is 0 Å². The molecule has 0 N–H and O–H groups in total. The van der Waals surface area contributed by atoms with Crippen LogP contribution in [0.25, 0.3) is 0 Å². The second-order valence-electron chi connectivity index (χ2n) is 8.55. The number of esters is 2. The number of alkyl halides is 6. The summed E-state index contributed by atoms with van der Waals surface area (Å²) in [6, 6.07) is 16.1. The van der Waals surface area contributed by atoms with Crippen LogP contribution in [-0.4, -0.2) is 11.9 Å². The summed E-state index contributed by atoms with van der Waals surface area (Å²) >= 11 is 12.2. The van der Waals surface area contributed by atoms with Crippen molar-refractivity contribution in [3.05, 3.63) is 128 Å². The van der Waals surface area contributed by atoms with Gasteiger partial charge in [0, 0.05) is 27.6 Å². The quantitative estimate of drug-likeness (QED) is 0.124. The Labute approximate surface area is 239 Å². The van der Waals surface area contributed by atoms with Gasteiger partial charge in [0.15, 0.2) is 0 Å². The molecule has 0 amide bonds. The molecular weight excluding hydrogens is 597 g/mol. The maximum Gasteiger partial charge on any atom is 0.417 e. The molecule has 0 aliphatic heterocycles. The molecule has 0 radical (unpaired) electrons. The Bertz CT molecular complexity index is 1500. The van der Waals surface area contributed by atoms with Crippen molar-refractivity contribution >= 4 is 35.1 Å². The predicted molar refractivity (Wildman–Crippen MR) is 139 cm³/mol. The Hall–Kier alpha value is -4.02. The van der Waals surface area contributed by atoms with Gasteiger partial charge in [-0.05, 0) is 60.7 Å². The summed E-state index contributed by atoms with van der Waals surface area (Å²) < 4.78 is 91.2. The molecule has 212 valence electrons. The van der Waals surface area contributed by atoms with Crippen molar-refractivity contribution in [1.82, 2.24) is 0 Å². The molecular formula is C29H16Cl2F6O4. The van der Waals surface area contributed by atoms with E-state index in [4.69, 9.17) is 32.7 Å². The SMILES string of the molecule is O=C(Oc1ccc(Cl)cc1Cc1cc(Cl)ccc1OC(=O)c1ccccc1C(F)(F)F)c1ccccc1C(F)(F)F. The van der Waals surface area contributed by atoms with Crippen LogP contribution in [0.4, 0.5) is 26.3 Å². The lowest BCUT2D eigenvalue weighted by atomic mass is 10.0. The maximum absolute atomic E-state index is 13.4. The Morgan fingerprint density at radius 3 is 1.32 bits per heavy atom. The fourth-order valence-electron chi connectivity index (χ4n) is 3.90. The van der Waals surface area contributed by atoms with Crippen molar-refractivity contribution in [2.45, 2.75) is 18.8 Å². The largest absolute Gasteiger partial charge is 0.423 e. The second kappa shape index (κ2) is 11.8. The molecule has 0 aromatic heterocycles. The van der Waals surface area contributed by atoms with Crippen molar-refractivity contribution in [3.63, 3.8) is 0 Å². The first kappa shape index (κ1) is 30.0.